The summed E-state index contributed by atoms with van der Waals surface area (Å²) in [7, 11) is 4.02. The Kier molecular flexibility index (Phi) is 2.49. The molecule has 0 N–H and O–H groups in total. The van der Waals surface area contributed by atoms with Crippen molar-refractivity contribution in [2.75, 3.05) is 0 Å². The standard InChI is InChI=1S/C13H14N3/c1-10-4-5-11(9-14)8-12(10)13-15(2)6-7-16(13)3/h4-8H,1-3H3/q+1. The summed E-state index contributed by atoms with van der Waals surface area (Å²) < 4.78 is 4.12. The molecule has 3 heteroatoms. The van der Waals surface area contributed by atoms with Gasteiger partial charge in [-0.25, -0.2) is 9.13 Å². The van der Waals surface area contributed by atoms with Crippen molar-refractivity contribution in [3.05, 3.63) is 41.7 Å². The minimum Gasteiger partial charge on any atom is -0.233 e. The monoisotopic (exact) mass is 212 g/mol. The van der Waals surface area contributed by atoms with E-state index in [1.807, 2.05) is 44.7 Å². The lowest BCUT2D eigenvalue weighted by Crippen LogP contribution is -2.29. The van der Waals surface area contributed by atoms with E-state index in [0.717, 1.165) is 11.4 Å². The SMILES string of the molecule is Cc1ccc(C#N)cc1-c1n(C)cc[n+]1C. The predicted octanol–water partition coefficient (Wildman–Crippen LogP) is 1.70. The molecule has 0 spiro atoms. The zero-order valence-corrected chi connectivity index (χ0v) is 9.73. The smallest absolute Gasteiger partial charge is 0.233 e. The summed E-state index contributed by atoms with van der Waals surface area (Å²) in [6.45, 7) is 2.06. The highest BCUT2D eigenvalue weighted by Gasteiger charge is 2.16. The molecule has 0 saturated heterocycles. The van der Waals surface area contributed by atoms with Crippen LogP contribution in [0.2, 0.25) is 0 Å². The molecular formula is C13H14N3+. The van der Waals surface area contributed by atoms with E-state index >= 15 is 0 Å². The molecule has 3 nitrogen and oxygen atoms in total. The molecule has 0 fully saturated rings. The van der Waals surface area contributed by atoms with Crippen LogP contribution >= 0.6 is 0 Å². The second kappa shape index (κ2) is 3.82. The number of hydrogen-bond donors (Lipinski definition) is 0. The van der Waals surface area contributed by atoms with Gasteiger partial charge in [-0.2, -0.15) is 5.26 Å². The van der Waals surface area contributed by atoms with Gasteiger partial charge in [0.1, 0.15) is 12.4 Å². The average molecular weight is 212 g/mol. The zero-order chi connectivity index (χ0) is 11.7. The van der Waals surface area contributed by atoms with E-state index in [-0.39, 0.29) is 0 Å². The molecule has 0 bridgehead atoms. The first-order chi connectivity index (χ1) is 7.63. The lowest BCUT2D eigenvalue weighted by atomic mass is 10.0. The third-order valence-corrected chi connectivity index (χ3v) is 2.79. The highest BCUT2D eigenvalue weighted by Crippen LogP contribution is 2.21. The third-order valence-electron chi connectivity index (χ3n) is 2.79. The molecule has 1 aromatic heterocycles. The van der Waals surface area contributed by atoms with Gasteiger partial charge >= 0.3 is 0 Å². The first-order valence-corrected chi connectivity index (χ1v) is 5.15. The number of hydrogen-bond acceptors (Lipinski definition) is 1. The van der Waals surface area contributed by atoms with Crippen LogP contribution < -0.4 is 4.57 Å². The summed E-state index contributed by atoms with van der Waals surface area (Å²) in [6, 6.07) is 7.95. The maximum Gasteiger partial charge on any atom is 0.288 e. The maximum absolute atomic E-state index is 8.93. The van der Waals surface area contributed by atoms with Crippen molar-refractivity contribution >= 4 is 0 Å². The highest BCUT2D eigenvalue weighted by atomic mass is 15.1. The topological polar surface area (TPSA) is 32.6 Å². The van der Waals surface area contributed by atoms with E-state index in [9.17, 15) is 0 Å². The minimum atomic E-state index is 0.696. The summed E-state index contributed by atoms with van der Waals surface area (Å²) in [5.41, 5.74) is 2.98. The fourth-order valence-electron chi connectivity index (χ4n) is 1.90. The van der Waals surface area contributed by atoms with Crippen LogP contribution in [0.3, 0.4) is 0 Å². The molecule has 0 aliphatic heterocycles. The van der Waals surface area contributed by atoms with Crippen molar-refractivity contribution in [1.29, 1.82) is 5.26 Å². The van der Waals surface area contributed by atoms with E-state index in [1.54, 1.807) is 0 Å². The van der Waals surface area contributed by atoms with Gasteiger partial charge in [0.05, 0.1) is 31.3 Å². The van der Waals surface area contributed by atoms with Crippen LogP contribution in [0.15, 0.2) is 30.6 Å². The number of nitriles is 1. The molecule has 0 radical (unpaired) electrons. The molecule has 0 atom stereocenters. The Balaban J connectivity index is 2.69. The zero-order valence-electron chi connectivity index (χ0n) is 9.73. The van der Waals surface area contributed by atoms with Crippen LogP contribution in [0.4, 0.5) is 0 Å². The number of aryl methyl sites for hydroxylation is 3. The molecule has 0 aliphatic carbocycles. The van der Waals surface area contributed by atoms with Gasteiger partial charge in [-0.1, -0.05) is 6.07 Å². The molecule has 2 rings (SSSR count). The predicted molar refractivity (Wildman–Crippen MR) is 61.5 cm³/mol. The van der Waals surface area contributed by atoms with Gasteiger partial charge in [0, 0.05) is 0 Å². The van der Waals surface area contributed by atoms with Gasteiger partial charge in [0.15, 0.2) is 0 Å². The normalized spacial score (nSPS) is 10.1. The number of aromatic nitrogens is 2. The quantitative estimate of drug-likeness (QED) is 0.662. The summed E-state index contributed by atoms with van der Waals surface area (Å²) in [6.07, 6.45) is 4.02. The van der Waals surface area contributed by atoms with E-state index in [1.165, 1.54) is 5.56 Å². The van der Waals surface area contributed by atoms with Crippen molar-refractivity contribution < 1.29 is 4.57 Å². The summed E-state index contributed by atoms with van der Waals surface area (Å²) >= 11 is 0. The van der Waals surface area contributed by atoms with Gasteiger partial charge < -0.3 is 0 Å². The molecule has 1 aromatic carbocycles. The van der Waals surface area contributed by atoms with Crippen LogP contribution in [0.25, 0.3) is 11.4 Å². The van der Waals surface area contributed by atoms with Crippen LogP contribution in [-0.4, -0.2) is 4.57 Å². The Hall–Kier alpha value is -2.08. The lowest BCUT2D eigenvalue weighted by Gasteiger charge is -2.03. The van der Waals surface area contributed by atoms with Crippen molar-refractivity contribution in [3.63, 3.8) is 0 Å². The van der Waals surface area contributed by atoms with Crippen molar-refractivity contribution in [1.82, 2.24) is 4.57 Å². The van der Waals surface area contributed by atoms with Crippen molar-refractivity contribution in [2.24, 2.45) is 14.1 Å². The molecule has 0 aliphatic rings. The van der Waals surface area contributed by atoms with E-state index in [0.29, 0.717) is 5.56 Å². The summed E-state index contributed by atoms with van der Waals surface area (Å²) in [5, 5.41) is 8.93. The number of rotatable bonds is 1. The van der Waals surface area contributed by atoms with Gasteiger partial charge in [-0.05, 0) is 24.6 Å². The second-order valence-electron chi connectivity index (χ2n) is 3.99. The van der Waals surface area contributed by atoms with Gasteiger partial charge in [-0.15, -0.1) is 0 Å². The number of benzene rings is 1. The molecule has 1 heterocycles. The lowest BCUT2D eigenvalue weighted by molar-refractivity contribution is -0.659. The summed E-state index contributed by atoms with van der Waals surface area (Å²) in [4.78, 5) is 0. The fourth-order valence-corrected chi connectivity index (χ4v) is 1.90. The van der Waals surface area contributed by atoms with Gasteiger partial charge in [0.25, 0.3) is 5.82 Å². The molecular weight excluding hydrogens is 198 g/mol. The molecule has 0 saturated carbocycles. The molecule has 16 heavy (non-hydrogen) atoms. The minimum absolute atomic E-state index is 0.696. The Morgan fingerprint density at radius 2 is 2.12 bits per heavy atom. The van der Waals surface area contributed by atoms with Crippen molar-refractivity contribution in [3.8, 4) is 17.5 Å². The first-order valence-electron chi connectivity index (χ1n) is 5.15. The van der Waals surface area contributed by atoms with E-state index < -0.39 is 0 Å². The Labute approximate surface area is 95.2 Å². The van der Waals surface area contributed by atoms with Gasteiger partial charge in [0.2, 0.25) is 0 Å². The first kappa shape index (κ1) is 10.4. The van der Waals surface area contributed by atoms with Crippen LogP contribution in [0.1, 0.15) is 11.1 Å². The van der Waals surface area contributed by atoms with Crippen LogP contribution in [0.5, 0.6) is 0 Å². The fraction of sp³-hybridized carbons (Fsp3) is 0.231. The number of imidazole rings is 1. The average Bonchev–Trinajstić information content (AvgIpc) is 2.60. The highest BCUT2D eigenvalue weighted by molar-refractivity contribution is 5.60. The summed E-state index contributed by atoms with van der Waals surface area (Å²) in [5.74, 6) is 1.11. The van der Waals surface area contributed by atoms with E-state index in [4.69, 9.17) is 5.26 Å². The Morgan fingerprint density at radius 1 is 1.38 bits per heavy atom. The van der Waals surface area contributed by atoms with Crippen LogP contribution in [0, 0.1) is 18.3 Å². The molecule has 2 aromatic rings. The molecule has 0 unspecified atom stereocenters. The van der Waals surface area contributed by atoms with Crippen molar-refractivity contribution in [2.45, 2.75) is 6.92 Å². The Bertz CT molecular complexity index is 554. The van der Waals surface area contributed by atoms with Gasteiger partial charge in [-0.3, -0.25) is 0 Å². The second-order valence-corrected chi connectivity index (χ2v) is 3.99. The maximum atomic E-state index is 8.93. The third kappa shape index (κ3) is 1.59. The molecule has 0 amide bonds. The Morgan fingerprint density at radius 3 is 2.69 bits per heavy atom. The number of nitrogens with zero attached hydrogens (tertiary/aromatic N) is 3. The molecule has 80 valence electrons. The van der Waals surface area contributed by atoms with E-state index in [2.05, 4.69) is 22.1 Å². The van der Waals surface area contributed by atoms with Crippen LogP contribution in [-0.2, 0) is 14.1 Å². The largest absolute Gasteiger partial charge is 0.288 e.